The fraction of sp³-hybridized carbons (Fsp3) is 0.650. The second-order valence-corrected chi connectivity index (χ2v) is 7.24. The van der Waals surface area contributed by atoms with Crippen molar-refractivity contribution in [3.8, 4) is 0 Å². The van der Waals surface area contributed by atoms with Gasteiger partial charge >= 0.3 is 0 Å². The summed E-state index contributed by atoms with van der Waals surface area (Å²) in [6.07, 6.45) is 3.00. The van der Waals surface area contributed by atoms with E-state index in [1.54, 1.807) is 0 Å². The van der Waals surface area contributed by atoms with E-state index in [9.17, 15) is 4.79 Å². The SMILES string of the molecule is CCC(=O)N1CCC(CN2CCN(Cc3ccccc3)CC2)CC1. The van der Waals surface area contributed by atoms with Crippen LogP contribution in [-0.4, -0.2) is 66.4 Å². The van der Waals surface area contributed by atoms with Gasteiger partial charge in [-0.3, -0.25) is 9.69 Å². The Hall–Kier alpha value is -1.39. The number of benzene rings is 1. The van der Waals surface area contributed by atoms with Gasteiger partial charge in [0, 0.05) is 58.8 Å². The van der Waals surface area contributed by atoms with Crippen LogP contribution in [0.3, 0.4) is 0 Å². The van der Waals surface area contributed by atoms with Crippen LogP contribution in [0.25, 0.3) is 0 Å². The van der Waals surface area contributed by atoms with Gasteiger partial charge in [0.2, 0.25) is 5.91 Å². The lowest BCUT2D eigenvalue weighted by Gasteiger charge is -2.39. The van der Waals surface area contributed by atoms with Crippen molar-refractivity contribution in [2.45, 2.75) is 32.7 Å². The van der Waals surface area contributed by atoms with Gasteiger partial charge in [0.1, 0.15) is 0 Å². The van der Waals surface area contributed by atoms with E-state index in [-0.39, 0.29) is 0 Å². The molecule has 0 spiro atoms. The molecule has 0 unspecified atom stereocenters. The van der Waals surface area contributed by atoms with Gasteiger partial charge in [-0.1, -0.05) is 37.3 Å². The summed E-state index contributed by atoms with van der Waals surface area (Å²) in [7, 11) is 0. The van der Waals surface area contributed by atoms with E-state index in [2.05, 4.69) is 40.1 Å². The van der Waals surface area contributed by atoms with Crippen LogP contribution >= 0.6 is 0 Å². The zero-order valence-electron chi connectivity index (χ0n) is 15.0. The van der Waals surface area contributed by atoms with Crippen molar-refractivity contribution >= 4 is 5.91 Å². The number of piperidine rings is 1. The number of hydrogen-bond acceptors (Lipinski definition) is 3. The number of piperazine rings is 1. The van der Waals surface area contributed by atoms with Gasteiger partial charge in [-0.15, -0.1) is 0 Å². The van der Waals surface area contributed by atoms with Gasteiger partial charge in [0.25, 0.3) is 0 Å². The number of nitrogens with zero attached hydrogens (tertiary/aromatic N) is 3. The zero-order valence-corrected chi connectivity index (χ0v) is 15.0. The average molecular weight is 329 g/mol. The van der Waals surface area contributed by atoms with Gasteiger partial charge in [-0.05, 0) is 24.3 Å². The Bertz CT molecular complexity index is 503. The summed E-state index contributed by atoms with van der Waals surface area (Å²) in [5.74, 6) is 1.09. The van der Waals surface area contributed by atoms with E-state index in [1.807, 2.05) is 11.8 Å². The van der Waals surface area contributed by atoms with Crippen LogP contribution in [0.4, 0.5) is 0 Å². The first-order valence-electron chi connectivity index (χ1n) is 9.51. The zero-order chi connectivity index (χ0) is 16.8. The summed E-state index contributed by atoms with van der Waals surface area (Å²) in [5.41, 5.74) is 1.42. The summed E-state index contributed by atoms with van der Waals surface area (Å²) in [6, 6.07) is 10.8. The normalized spacial score (nSPS) is 21.1. The predicted octanol–water partition coefficient (Wildman–Crippen LogP) is 2.45. The molecule has 2 aliphatic rings. The van der Waals surface area contributed by atoms with Crippen LogP contribution in [0.1, 0.15) is 31.7 Å². The molecule has 0 atom stereocenters. The van der Waals surface area contributed by atoms with Crippen molar-refractivity contribution < 1.29 is 4.79 Å². The molecule has 132 valence electrons. The molecule has 0 aromatic heterocycles. The molecular weight excluding hydrogens is 298 g/mol. The predicted molar refractivity (Wildman–Crippen MR) is 97.8 cm³/mol. The van der Waals surface area contributed by atoms with E-state index in [4.69, 9.17) is 0 Å². The fourth-order valence-corrected chi connectivity index (χ4v) is 3.93. The molecule has 2 heterocycles. The molecule has 3 rings (SSSR count). The Labute approximate surface area is 146 Å². The molecule has 2 fully saturated rings. The first kappa shape index (κ1) is 17.4. The molecule has 2 aliphatic heterocycles. The highest BCUT2D eigenvalue weighted by Gasteiger charge is 2.25. The molecule has 0 saturated carbocycles. The lowest BCUT2D eigenvalue weighted by Crippen LogP contribution is -2.48. The Morgan fingerprint density at radius 3 is 2.21 bits per heavy atom. The quantitative estimate of drug-likeness (QED) is 0.830. The molecule has 0 aliphatic carbocycles. The first-order valence-corrected chi connectivity index (χ1v) is 9.51. The van der Waals surface area contributed by atoms with Crippen LogP contribution in [0.2, 0.25) is 0 Å². The molecule has 1 aromatic rings. The Morgan fingerprint density at radius 2 is 1.58 bits per heavy atom. The molecule has 2 saturated heterocycles. The topological polar surface area (TPSA) is 26.8 Å². The highest BCUT2D eigenvalue weighted by Crippen LogP contribution is 2.20. The van der Waals surface area contributed by atoms with Crippen molar-refractivity contribution in [1.29, 1.82) is 0 Å². The molecule has 0 bridgehead atoms. The number of hydrogen-bond donors (Lipinski definition) is 0. The standard InChI is InChI=1S/C20H31N3O/c1-2-20(24)23-10-8-19(9-11-23)17-22-14-12-21(13-15-22)16-18-6-4-3-5-7-18/h3-7,19H,2,8-17H2,1H3. The van der Waals surface area contributed by atoms with Crippen LogP contribution in [-0.2, 0) is 11.3 Å². The van der Waals surface area contributed by atoms with E-state index in [1.165, 1.54) is 51.1 Å². The minimum atomic E-state index is 0.322. The Balaban J connectivity index is 1.36. The number of likely N-dealkylation sites (tertiary alicyclic amines) is 1. The number of carbonyl (C=O) groups is 1. The van der Waals surface area contributed by atoms with Crippen molar-refractivity contribution in [1.82, 2.24) is 14.7 Å². The van der Waals surface area contributed by atoms with Crippen molar-refractivity contribution in [3.63, 3.8) is 0 Å². The summed E-state index contributed by atoms with van der Waals surface area (Å²) in [5, 5.41) is 0. The second kappa shape index (κ2) is 8.63. The molecule has 4 heteroatoms. The second-order valence-electron chi connectivity index (χ2n) is 7.24. The highest BCUT2D eigenvalue weighted by atomic mass is 16.2. The van der Waals surface area contributed by atoms with E-state index < -0.39 is 0 Å². The summed E-state index contributed by atoms with van der Waals surface area (Å²) < 4.78 is 0. The first-order chi connectivity index (χ1) is 11.7. The number of amides is 1. The number of carbonyl (C=O) groups excluding carboxylic acids is 1. The monoisotopic (exact) mass is 329 g/mol. The minimum Gasteiger partial charge on any atom is -0.343 e. The third-order valence-corrected chi connectivity index (χ3v) is 5.50. The maximum atomic E-state index is 11.8. The molecule has 1 amide bonds. The Kier molecular flexibility index (Phi) is 6.27. The molecular formula is C20H31N3O. The Morgan fingerprint density at radius 1 is 0.958 bits per heavy atom. The largest absolute Gasteiger partial charge is 0.343 e. The maximum absolute atomic E-state index is 11.8. The molecule has 1 aromatic carbocycles. The molecule has 0 radical (unpaired) electrons. The highest BCUT2D eigenvalue weighted by molar-refractivity contribution is 5.75. The lowest BCUT2D eigenvalue weighted by atomic mass is 9.95. The smallest absolute Gasteiger partial charge is 0.222 e. The van der Waals surface area contributed by atoms with E-state index >= 15 is 0 Å². The van der Waals surface area contributed by atoms with Crippen molar-refractivity contribution in [2.24, 2.45) is 5.92 Å². The van der Waals surface area contributed by atoms with Gasteiger partial charge in [-0.2, -0.15) is 0 Å². The molecule has 0 N–H and O–H groups in total. The van der Waals surface area contributed by atoms with Gasteiger partial charge in [0.15, 0.2) is 0 Å². The van der Waals surface area contributed by atoms with Crippen molar-refractivity contribution in [3.05, 3.63) is 35.9 Å². The van der Waals surface area contributed by atoms with E-state index in [0.717, 1.165) is 25.6 Å². The third-order valence-electron chi connectivity index (χ3n) is 5.50. The summed E-state index contributed by atoms with van der Waals surface area (Å²) in [4.78, 5) is 19.0. The molecule has 24 heavy (non-hydrogen) atoms. The number of rotatable bonds is 5. The summed E-state index contributed by atoms with van der Waals surface area (Å²) >= 11 is 0. The average Bonchev–Trinajstić information content (AvgIpc) is 2.64. The van der Waals surface area contributed by atoms with Crippen LogP contribution in [0.5, 0.6) is 0 Å². The minimum absolute atomic E-state index is 0.322. The van der Waals surface area contributed by atoms with Gasteiger partial charge in [-0.25, -0.2) is 0 Å². The van der Waals surface area contributed by atoms with Crippen LogP contribution < -0.4 is 0 Å². The van der Waals surface area contributed by atoms with Gasteiger partial charge < -0.3 is 9.80 Å². The summed E-state index contributed by atoms with van der Waals surface area (Å²) in [6.45, 7) is 10.9. The fourth-order valence-electron chi connectivity index (χ4n) is 3.93. The van der Waals surface area contributed by atoms with Crippen molar-refractivity contribution in [2.75, 3.05) is 45.8 Å². The molecule has 4 nitrogen and oxygen atoms in total. The third kappa shape index (κ3) is 4.81. The van der Waals surface area contributed by atoms with Gasteiger partial charge in [0.05, 0.1) is 0 Å². The lowest BCUT2D eigenvalue weighted by molar-refractivity contribution is -0.132. The van der Waals surface area contributed by atoms with Crippen LogP contribution in [0.15, 0.2) is 30.3 Å². The van der Waals surface area contributed by atoms with E-state index in [0.29, 0.717) is 12.3 Å². The maximum Gasteiger partial charge on any atom is 0.222 e. The van der Waals surface area contributed by atoms with Crippen LogP contribution in [0, 0.1) is 5.92 Å².